The van der Waals surface area contributed by atoms with Crippen molar-refractivity contribution in [3.05, 3.63) is 18.2 Å². The summed E-state index contributed by atoms with van der Waals surface area (Å²) in [6.45, 7) is 1.91. The predicted molar refractivity (Wildman–Crippen MR) is 41.8 cm³/mol. The lowest BCUT2D eigenvalue weighted by Crippen LogP contribution is -2.35. The minimum absolute atomic E-state index is 0.0771. The molecule has 1 rings (SSSR count). The predicted octanol–water partition coefficient (Wildman–Crippen LogP) is -0.0340. The Labute approximate surface area is 65.5 Å². The standard InChI is InChI=1S/C7H13N3O/c1-7(8,2-5-11)6-9-3-4-10-6/h3-4,11H,2,5,8H2,1H3,(H,9,10)/t7-/m0/s1. The first-order valence-corrected chi connectivity index (χ1v) is 3.56. The van der Waals surface area contributed by atoms with Crippen LogP contribution in [0.5, 0.6) is 0 Å². The second kappa shape index (κ2) is 3.02. The monoisotopic (exact) mass is 155 g/mol. The molecule has 0 aliphatic carbocycles. The number of aliphatic hydroxyl groups excluding tert-OH is 1. The zero-order valence-electron chi connectivity index (χ0n) is 6.54. The fourth-order valence-electron chi connectivity index (χ4n) is 0.928. The highest BCUT2D eigenvalue weighted by Gasteiger charge is 2.22. The second-order valence-corrected chi connectivity index (χ2v) is 2.83. The number of aromatic nitrogens is 2. The molecule has 1 heterocycles. The minimum Gasteiger partial charge on any atom is -0.396 e. The van der Waals surface area contributed by atoms with Gasteiger partial charge in [-0.15, -0.1) is 0 Å². The van der Waals surface area contributed by atoms with E-state index in [1.807, 2.05) is 6.92 Å². The molecule has 0 aliphatic heterocycles. The molecule has 0 amide bonds. The number of aromatic amines is 1. The first-order valence-electron chi connectivity index (χ1n) is 3.56. The number of aliphatic hydroxyl groups is 1. The van der Waals surface area contributed by atoms with Crippen molar-refractivity contribution in [2.75, 3.05) is 6.61 Å². The Balaban J connectivity index is 2.73. The van der Waals surface area contributed by atoms with Crippen molar-refractivity contribution in [3.8, 4) is 0 Å². The third-order valence-corrected chi connectivity index (χ3v) is 1.67. The molecule has 0 saturated carbocycles. The average molecular weight is 155 g/mol. The molecular formula is C7H13N3O. The van der Waals surface area contributed by atoms with Crippen LogP contribution in [0.2, 0.25) is 0 Å². The van der Waals surface area contributed by atoms with Crippen molar-refractivity contribution >= 4 is 0 Å². The highest BCUT2D eigenvalue weighted by molar-refractivity contribution is 5.02. The number of hydrogen-bond donors (Lipinski definition) is 3. The Morgan fingerprint density at radius 3 is 3.00 bits per heavy atom. The number of hydrogen-bond acceptors (Lipinski definition) is 3. The summed E-state index contributed by atoms with van der Waals surface area (Å²) < 4.78 is 0. The van der Waals surface area contributed by atoms with Gasteiger partial charge in [-0.1, -0.05) is 0 Å². The SMILES string of the molecule is C[C@](N)(CCO)c1ncc[nH]1. The van der Waals surface area contributed by atoms with Crippen molar-refractivity contribution in [2.45, 2.75) is 18.9 Å². The molecule has 0 saturated heterocycles. The van der Waals surface area contributed by atoms with Crippen LogP contribution in [-0.2, 0) is 5.54 Å². The third-order valence-electron chi connectivity index (χ3n) is 1.67. The molecule has 4 heteroatoms. The smallest absolute Gasteiger partial charge is 0.125 e. The molecule has 0 unspecified atom stereocenters. The van der Waals surface area contributed by atoms with Crippen LogP contribution in [0.25, 0.3) is 0 Å². The lowest BCUT2D eigenvalue weighted by atomic mass is 9.99. The van der Waals surface area contributed by atoms with E-state index in [4.69, 9.17) is 10.8 Å². The van der Waals surface area contributed by atoms with Gasteiger partial charge < -0.3 is 15.8 Å². The van der Waals surface area contributed by atoms with Crippen LogP contribution in [0, 0.1) is 0 Å². The van der Waals surface area contributed by atoms with Gasteiger partial charge in [-0.3, -0.25) is 0 Å². The molecule has 4 N–H and O–H groups in total. The summed E-state index contributed by atoms with van der Waals surface area (Å²) in [4.78, 5) is 6.93. The molecule has 4 nitrogen and oxygen atoms in total. The topological polar surface area (TPSA) is 74.9 Å². The van der Waals surface area contributed by atoms with Gasteiger partial charge in [-0.25, -0.2) is 4.98 Å². The molecule has 62 valence electrons. The van der Waals surface area contributed by atoms with Gasteiger partial charge in [-0.05, 0) is 13.3 Å². The lowest BCUT2D eigenvalue weighted by Gasteiger charge is -2.20. The largest absolute Gasteiger partial charge is 0.396 e. The Morgan fingerprint density at radius 1 is 1.82 bits per heavy atom. The fourth-order valence-corrected chi connectivity index (χ4v) is 0.928. The Hall–Kier alpha value is -0.870. The van der Waals surface area contributed by atoms with E-state index in [0.717, 1.165) is 0 Å². The van der Waals surface area contributed by atoms with Crippen molar-refractivity contribution in [1.29, 1.82) is 0 Å². The first-order chi connectivity index (χ1) is 5.17. The normalized spacial score (nSPS) is 16.3. The van der Waals surface area contributed by atoms with E-state index in [-0.39, 0.29) is 6.61 Å². The lowest BCUT2D eigenvalue weighted by molar-refractivity contribution is 0.243. The maximum absolute atomic E-state index is 8.68. The molecule has 0 spiro atoms. The second-order valence-electron chi connectivity index (χ2n) is 2.83. The van der Waals surface area contributed by atoms with E-state index in [1.165, 1.54) is 0 Å². The van der Waals surface area contributed by atoms with Gasteiger partial charge in [0.05, 0.1) is 5.54 Å². The average Bonchev–Trinajstić information content (AvgIpc) is 2.37. The van der Waals surface area contributed by atoms with Crippen LogP contribution in [0.3, 0.4) is 0 Å². The van der Waals surface area contributed by atoms with Gasteiger partial charge in [0.15, 0.2) is 0 Å². The van der Waals surface area contributed by atoms with Crippen LogP contribution >= 0.6 is 0 Å². The number of H-pyrrole nitrogens is 1. The Kier molecular flexibility index (Phi) is 2.26. The quantitative estimate of drug-likeness (QED) is 0.573. The third kappa shape index (κ3) is 1.78. The van der Waals surface area contributed by atoms with E-state index in [2.05, 4.69) is 9.97 Å². The van der Waals surface area contributed by atoms with Crippen molar-refractivity contribution in [1.82, 2.24) is 9.97 Å². The van der Waals surface area contributed by atoms with E-state index in [1.54, 1.807) is 12.4 Å². The highest BCUT2D eigenvalue weighted by Crippen LogP contribution is 2.15. The molecular weight excluding hydrogens is 142 g/mol. The van der Waals surface area contributed by atoms with Crippen LogP contribution in [0.4, 0.5) is 0 Å². The van der Waals surface area contributed by atoms with E-state index in [9.17, 15) is 0 Å². The van der Waals surface area contributed by atoms with Crippen LogP contribution in [0.1, 0.15) is 19.2 Å². The van der Waals surface area contributed by atoms with Gasteiger partial charge in [0.25, 0.3) is 0 Å². The number of nitrogens with zero attached hydrogens (tertiary/aromatic N) is 1. The molecule has 0 bridgehead atoms. The van der Waals surface area contributed by atoms with Gasteiger partial charge in [0.2, 0.25) is 0 Å². The number of rotatable bonds is 3. The number of nitrogens with two attached hydrogens (primary N) is 1. The van der Waals surface area contributed by atoms with Crippen LogP contribution in [0.15, 0.2) is 12.4 Å². The maximum Gasteiger partial charge on any atom is 0.125 e. The summed E-state index contributed by atoms with van der Waals surface area (Å²) in [5, 5.41) is 8.68. The molecule has 11 heavy (non-hydrogen) atoms. The summed E-state index contributed by atoms with van der Waals surface area (Å²) in [6.07, 6.45) is 3.89. The maximum atomic E-state index is 8.68. The zero-order valence-corrected chi connectivity index (χ0v) is 6.54. The molecule has 0 fully saturated rings. The number of nitrogens with one attached hydrogen (secondary N) is 1. The van der Waals surface area contributed by atoms with Gasteiger partial charge >= 0.3 is 0 Å². The van der Waals surface area contributed by atoms with Crippen LogP contribution < -0.4 is 5.73 Å². The Morgan fingerprint density at radius 2 is 2.55 bits per heavy atom. The number of imidazole rings is 1. The summed E-state index contributed by atoms with van der Waals surface area (Å²) in [6, 6.07) is 0. The fraction of sp³-hybridized carbons (Fsp3) is 0.571. The van der Waals surface area contributed by atoms with Gasteiger partial charge in [0, 0.05) is 19.0 Å². The van der Waals surface area contributed by atoms with Crippen molar-refractivity contribution in [3.63, 3.8) is 0 Å². The van der Waals surface area contributed by atoms with Crippen molar-refractivity contribution < 1.29 is 5.11 Å². The summed E-state index contributed by atoms with van der Waals surface area (Å²) in [7, 11) is 0. The van der Waals surface area contributed by atoms with Gasteiger partial charge in [0.1, 0.15) is 5.82 Å². The zero-order chi connectivity index (χ0) is 8.32. The summed E-state index contributed by atoms with van der Waals surface area (Å²) in [5.41, 5.74) is 5.30. The molecule has 1 atom stereocenters. The minimum atomic E-state index is -0.543. The summed E-state index contributed by atoms with van der Waals surface area (Å²) in [5.74, 6) is 0.714. The van der Waals surface area contributed by atoms with Gasteiger partial charge in [-0.2, -0.15) is 0 Å². The first kappa shape index (κ1) is 8.23. The highest BCUT2D eigenvalue weighted by atomic mass is 16.3. The van der Waals surface area contributed by atoms with E-state index in [0.29, 0.717) is 12.2 Å². The molecule has 1 aromatic heterocycles. The van der Waals surface area contributed by atoms with E-state index >= 15 is 0 Å². The molecule has 0 radical (unpaired) electrons. The molecule has 0 aliphatic rings. The summed E-state index contributed by atoms with van der Waals surface area (Å²) >= 11 is 0. The molecule has 1 aromatic rings. The van der Waals surface area contributed by atoms with E-state index < -0.39 is 5.54 Å². The van der Waals surface area contributed by atoms with Crippen molar-refractivity contribution in [2.24, 2.45) is 5.73 Å². The Bertz CT molecular complexity index is 205. The van der Waals surface area contributed by atoms with Crippen LogP contribution in [-0.4, -0.2) is 21.7 Å². The molecule has 0 aromatic carbocycles.